The van der Waals surface area contributed by atoms with Gasteiger partial charge in [-0.2, -0.15) is 0 Å². The van der Waals surface area contributed by atoms with Crippen LogP contribution in [-0.2, 0) is 0 Å². The number of halogens is 1. The van der Waals surface area contributed by atoms with Gasteiger partial charge in [-0.25, -0.2) is 0 Å². The van der Waals surface area contributed by atoms with E-state index in [1.807, 2.05) is 6.07 Å². The molecule has 2 aliphatic rings. The van der Waals surface area contributed by atoms with Gasteiger partial charge < -0.3 is 5.11 Å². The minimum absolute atomic E-state index is 0.0198. The van der Waals surface area contributed by atoms with Crippen LogP contribution in [0.1, 0.15) is 60.5 Å². The molecule has 5 heteroatoms. The Hall–Kier alpha value is -1.69. The lowest BCUT2D eigenvalue weighted by atomic mass is 9.88. The lowest BCUT2D eigenvalue weighted by molar-refractivity contribution is 0.0425. The van der Waals surface area contributed by atoms with Crippen molar-refractivity contribution in [3.8, 4) is 5.75 Å². The molecule has 0 bridgehead atoms. The SMILES string of the molecule is O=C(c1cccc(O)c1)C(C(c1ccc(Br)cc1)N1CCCCC1)N1CCCCC1. The van der Waals surface area contributed by atoms with Crippen LogP contribution in [0.2, 0.25) is 0 Å². The number of Topliss-reactive ketones (excluding diaryl/α,β-unsaturated/α-hetero) is 1. The van der Waals surface area contributed by atoms with E-state index in [9.17, 15) is 9.90 Å². The van der Waals surface area contributed by atoms with Crippen molar-refractivity contribution in [3.05, 3.63) is 64.1 Å². The summed E-state index contributed by atoms with van der Waals surface area (Å²) >= 11 is 3.56. The number of hydrogen-bond acceptors (Lipinski definition) is 4. The van der Waals surface area contributed by atoms with Gasteiger partial charge in [0.15, 0.2) is 5.78 Å². The first-order valence-corrected chi connectivity index (χ1v) is 12.0. The normalized spacial score (nSPS) is 20.6. The van der Waals surface area contributed by atoms with Gasteiger partial charge in [0.1, 0.15) is 5.75 Å². The summed E-state index contributed by atoms with van der Waals surface area (Å²) in [7, 11) is 0. The molecule has 2 aromatic rings. The molecular formula is C25H31BrN2O2. The number of ketones is 1. The predicted octanol–water partition coefficient (Wildman–Crippen LogP) is 5.42. The number of phenolic OH excluding ortho intramolecular Hbond substituents is 1. The van der Waals surface area contributed by atoms with Crippen LogP contribution in [0.4, 0.5) is 0 Å². The average Bonchev–Trinajstić information content (AvgIpc) is 2.79. The molecule has 4 rings (SSSR count). The molecular weight excluding hydrogens is 440 g/mol. The third-order valence-corrected chi connectivity index (χ3v) is 7.01. The Bertz CT molecular complexity index is 842. The largest absolute Gasteiger partial charge is 0.508 e. The van der Waals surface area contributed by atoms with Gasteiger partial charge >= 0.3 is 0 Å². The third kappa shape index (κ3) is 4.96. The number of nitrogens with zero attached hydrogens (tertiary/aromatic N) is 2. The Kier molecular flexibility index (Phi) is 7.24. The summed E-state index contributed by atoms with van der Waals surface area (Å²) in [6, 6.07) is 15.1. The zero-order valence-electron chi connectivity index (χ0n) is 17.5. The molecule has 0 amide bonds. The molecule has 160 valence electrons. The van der Waals surface area contributed by atoms with Gasteiger partial charge in [0.05, 0.1) is 12.1 Å². The molecule has 30 heavy (non-hydrogen) atoms. The molecule has 0 saturated carbocycles. The quantitative estimate of drug-likeness (QED) is 0.572. The average molecular weight is 471 g/mol. The van der Waals surface area contributed by atoms with Gasteiger partial charge in [0, 0.05) is 10.0 Å². The number of carbonyl (C=O) groups is 1. The Morgan fingerprint density at radius 3 is 2.03 bits per heavy atom. The Labute approximate surface area is 188 Å². The lowest BCUT2D eigenvalue weighted by Crippen LogP contribution is -2.53. The van der Waals surface area contributed by atoms with Gasteiger partial charge in [0.2, 0.25) is 0 Å². The highest BCUT2D eigenvalue weighted by atomic mass is 79.9. The fourth-order valence-electron chi connectivity index (χ4n) is 4.98. The summed E-state index contributed by atoms with van der Waals surface area (Å²) in [5, 5.41) is 10.0. The predicted molar refractivity (Wildman–Crippen MR) is 124 cm³/mol. The van der Waals surface area contributed by atoms with E-state index in [2.05, 4.69) is 50.0 Å². The van der Waals surface area contributed by atoms with Crippen LogP contribution in [0.3, 0.4) is 0 Å². The van der Waals surface area contributed by atoms with E-state index in [1.165, 1.54) is 31.2 Å². The zero-order valence-corrected chi connectivity index (χ0v) is 19.1. The highest BCUT2D eigenvalue weighted by Crippen LogP contribution is 2.34. The van der Waals surface area contributed by atoms with E-state index in [4.69, 9.17) is 0 Å². The first-order chi connectivity index (χ1) is 14.6. The molecule has 2 unspecified atom stereocenters. The molecule has 0 spiro atoms. The van der Waals surface area contributed by atoms with Crippen LogP contribution in [0.15, 0.2) is 53.0 Å². The second-order valence-corrected chi connectivity index (χ2v) is 9.46. The summed E-state index contributed by atoms with van der Waals surface area (Å²) in [6.45, 7) is 3.96. The molecule has 0 aromatic heterocycles. The van der Waals surface area contributed by atoms with Crippen LogP contribution in [-0.4, -0.2) is 52.9 Å². The van der Waals surface area contributed by atoms with E-state index >= 15 is 0 Å². The summed E-state index contributed by atoms with van der Waals surface area (Å²) in [5.74, 6) is 0.266. The van der Waals surface area contributed by atoms with E-state index in [-0.39, 0.29) is 23.6 Å². The van der Waals surface area contributed by atoms with E-state index < -0.39 is 0 Å². The van der Waals surface area contributed by atoms with Crippen LogP contribution in [0.25, 0.3) is 0 Å². The molecule has 2 fully saturated rings. The van der Waals surface area contributed by atoms with Gasteiger partial charge in [-0.3, -0.25) is 14.6 Å². The molecule has 2 aromatic carbocycles. The Morgan fingerprint density at radius 1 is 0.833 bits per heavy atom. The maximum Gasteiger partial charge on any atom is 0.182 e. The number of hydrogen-bond donors (Lipinski definition) is 1. The summed E-state index contributed by atoms with van der Waals surface area (Å²) in [5.41, 5.74) is 1.80. The van der Waals surface area contributed by atoms with Crippen molar-refractivity contribution in [3.63, 3.8) is 0 Å². The fourth-order valence-corrected chi connectivity index (χ4v) is 5.25. The molecule has 2 atom stereocenters. The molecule has 0 radical (unpaired) electrons. The monoisotopic (exact) mass is 470 g/mol. The molecule has 2 aliphatic heterocycles. The lowest BCUT2D eigenvalue weighted by Gasteiger charge is -2.44. The molecule has 2 saturated heterocycles. The van der Waals surface area contributed by atoms with Crippen molar-refractivity contribution >= 4 is 21.7 Å². The molecule has 2 heterocycles. The van der Waals surface area contributed by atoms with Crippen LogP contribution in [0.5, 0.6) is 5.75 Å². The van der Waals surface area contributed by atoms with E-state index in [0.717, 1.165) is 43.5 Å². The second-order valence-electron chi connectivity index (χ2n) is 8.55. The van der Waals surface area contributed by atoms with Crippen LogP contribution < -0.4 is 0 Å². The van der Waals surface area contributed by atoms with E-state index in [0.29, 0.717) is 5.56 Å². The number of rotatable bonds is 6. The van der Waals surface area contributed by atoms with Gasteiger partial charge in [-0.15, -0.1) is 0 Å². The number of benzene rings is 2. The van der Waals surface area contributed by atoms with Crippen molar-refractivity contribution in [2.45, 2.75) is 50.6 Å². The molecule has 4 nitrogen and oxygen atoms in total. The minimum Gasteiger partial charge on any atom is -0.508 e. The van der Waals surface area contributed by atoms with Gasteiger partial charge in [0.25, 0.3) is 0 Å². The number of piperidine rings is 2. The summed E-state index contributed by atoms with van der Waals surface area (Å²) in [6.07, 6.45) is 7.13. The van der Waals surface area contributed by atoms with Crippen LogP contribution >= 0.6 is 15.9 Å². The minimum atomic E-state index is -0.244. The molecule has 1 N–H and O–H groups in total. The number of aromatic hydroxyl groups is 1. The fraction of sp³-hybridized carbons (Fsp3) is 0.480. The summed E-state index contributed by atoms with van der Waals surface area (Å²) in [4.78, 5) is 18.9. The van der Waals surface area contributed by atoms with Crippen molar-refractivity contribution in [2.75, 3.05) is 26.2 Å². The highest BCUT2D eigenvalue weighted by Gasteiger charge is 2.39. The Morgan fingerprint density at radius 2 is 1.43 bits per heavy atom. The highest BCUT2D eigenvalue weighted by molar-refractivity contribution is 9.10. The number of carbonyl (C=O) groups excluding carboxylic acids is 1. The number of likely N-dealkylation sites (tertiary alicyclic amines) is 2. The first-order valence-electron chi connectivity index (χ1n) is 11.2. The standard InChI is InChI=1S/C25H31BrN2O2/c26-21-12-10-19(11-13-21)23(27-14-3-1-4-15-27)24(28-16-5-2-6-17-28)25(30)20-8-7-9-22(29)18-20/h7-13,18,23-24,29H,1-6,14-17H2. The van der Waals surface area contributed by atoms with Crippen molar-refractivity contribution in [2.24, 2.45) is 0 Å². The Balaban J connectivity index is 1.77. The third-order valence-electron chi connectivity index (χ3n) is 6.48. The zero-order chi connectivity index (χ0) is 20.9. The molecule has 0 aliphatic carbocycles. The topological polar surface area (TPSA) is 43.8 Å². The van der Waals surface area contributed by atoms with Gasteiger partial charge in [-0.05, 0) is 81.7 Å². The summed E-state index contributed by atoms with van der Waals surface area (Å²) < 4.78 is 1.05. The first kappa shape index (κ1) is 21.5. The van der Waals surface area contributed by atoms with Gasteiger partial charge in [-0.1, -0.05) is 53.0 Å². The van der Waals surface area contributed by atoms with Crippen molar-refractivity contribution in [1.29, 1.82) is 0 Å². The number of phenols is 1. The van der Waals surface area contributed by atoms with E-state index in [1.54, 1.807) is 18.2 Å². The van der Waals surface area contributed by atoms with Crippen LogP contribution in [0, 0.1) is 0 Å². The maximum absolute atomic E-state index is 13.9. The maximum atomic E-state index is 13.9. The van der Waals surface area contributed by atoms with Crippen molar-refractivity contribution in [1.82, 2.24) is 9.80 Å². The smallest absolute Gasteiger partial charge is 0.182 e. The van der Waals surface area contributed by atoms with Crippen molar-refractivity contribution < 1.29 is 9.90 Å². The second kappa shape index (κ2) is 10.1.